The average Bonchev–Trinajstić information content (AvgIpc) is 2.12. The lowest BCUT2D eigenvalue weighted by atomic mass is 10.0. The van der Waals surface area contributed by atoms with Crippen LogP contribution < -0.4 is 10.6 Å². The molecule has 0 bridgehead atoms. The SMILES string of the molecule is CCC(CCO)CNC(=O)CNC. The monoisotopic (exact) mass is 188 g/mol. The number of hydrogen-bond acceptors (Lipinski definition) is 3. The van der Waals surface area contributed by atoms with E-state index in [4.69, 9.17) is 5.11 Å². The fraction of sp³-hybridized carbons (Fsp3) is 0.889. The molecule has 0 aromatic heterocycles. The first-order valence-electron chi connectivity index (χ1n) is 4.76. The number of aliphatic hydroxyl groups excluding tert-OH is 1. The molecular formula is C9H20N2O2. The number of hydrogen-bond donors (Lipinski definition) is 3. The van der Waals surface area contributed by atoms with Gasteiger partial charge in [0.1, 0.15) is 0 Å². The molecule has 0 spiro atoms. The van der Waals surface area contributed by atoms with Gasteiger partial charge in [0, 0.05) is 13.2 Å². The lowest BCUT2D eigenvalue weighted by molar-refractivity contribution is -0.120. The Kier molecular flexibility index (Phi) is 7.63. The van der Waals surface area contributed by atoms with Crippen LogP contribution in [0.4, 0.5) is 0 Å². The molecule has 0 saturated carbocycles. The highest BCUT2D eigenvalue weighted by atomic mass is 16.3. The summed E-state index contributed by atoms with van der Waals surface area (Å²) in [5, 5.41) is 14.3. The van der Waals surface area contributed by atoms with Gasteiger partial charge in [0.05, 0.1) is 6.54 Å². The van der Waals surface area contributed by atoms with Gasteiger partial charge in [-0.25, -0.2) is 0 Å². The van der Waals surface area contributed by atoms with Crippen molar-refractivity contribution in [2.24, 2.45) is 5.92 Å². The van der Waals surface area contributed by atoms with Gasteiger partial charge in [0.15, 0.2) is 0 Å². The minimum Gasteiger partial charge on any atom is -0.396 e. The number of aliphatic hydroxyl groups is 1. The van der Waals surface area contributed by atoms with Crippen LogP contribution >= 0.6 is 0 Å². The fourth-order valence-electron chi connectivity index (χ4n) is 1.11. The van der Waals surface area contributed by atoms with E-state index in [1.807, 2.05) is 0 Å². The maximum Gasteiger partial charge on any atom is 0.233 e. The minimum atomic E-state index is 0.0129. The number of rotatable bonds is 7. The molecule has 13 heavy (non-hydrogen) atoms. The normalized spacial score (nSPS) is 12.5. The van der Waals surface area contributed by atoms with Gasteiger partial charge in [-0.2, -0.15) is 0 Å². The lowest BCUT2D eigenvalue weighted by Crippen LogP contribution is -2.35. The van der Waals surface area contributed by atoms with Crippen molar-refractivity contribution < 1.29 is 9.90 Å². The Morgan fingerprint density at radius 3 is 2.69 bits per heavy atom. The third kappa shape index (κ3) is 6.54. The quantitative estimate of drug-likeness (QED) is 0.515. The van der Waals surface area contributed by atoms with E-state index in [1.165, 1.54) is 0 Å². The largest absolute Gasteiger partial charge is 0.396 e. The molecule has 0 rings (SSSR count). The van der Waals surface area contributed by atoms with Gasteiger partial charge in [0.25, 0.3) is 0 Å². The van der Waals surface area contributed by atoms with E-state index in [2.05, 4.69) is 17.6 Å². The lowest BCUT2D eigenvalue weighted by Gasteiger charge is -2.13. The molecule has 0 aromatic rings. The Hall–Kier alpha value is -0.610. The van der Waals surface area contributed by atoms with Crippen LogP contribution in [0, 0.1) is 5.92 Å². The number of carbonyl (C=O) groups is 1. The molecule has 0 aliphatic rings. The molecule has 0 fully saturated rings. The van der Waals surface area contributed by atoms with Gasteiger partial charge in [-0.05, 0) is 19.4 Å². The van der Waals surface area contributed by atoms with E-state index in [0.29, 0.717) is 19.0 Å². The highest BCUT2D eigenvalue weighted by Crippen LogP contribution is 2.04. The third-order valence-corrected chi connectivity index (χ3v) is 2.04. The molecule has 4 heteroatoms. The van der Waals surface area contributed by atoms with E-state index >= 15 is 0 Å². The predicted molar refractivity (Wildman–Crippen MR) is 52.4 cm³/mol. The second kappa shape index (κ2) is 8.01. The highest BCUT2D eigenvalue weighted by Gasteiger charge is 2.06. The average molecular weight is 188 g/mol. The van der Waals surface area contributed by atoms with Gasteiger partial charge < -0.3 is 15.7 Å². The van der Waals surface area contributed by atoms with Gasteiger partial charge in [-0.15, -0.1) is 0 Å². The number of amides is 1. The summed E-state index contributed by atoms with van der Waals surface area (Å²) in [5.74, 6) is 0.407. The molecule has 0 aliphatic heterocycles. The first-order chi connectivity index (χ1) is 6.24. The van der Waals surface area contributed by atoms with Crippen molar-refractivity contribution >= 4 is 5.91 Å². The Morgan fingerprint density at radius 1 is 1.54 bits per heavy atom. The number of nitrogens with one attached hydrogen (secondary N) is 2. The summed E-state index contributed by atoms with van der Waals surface area (Å²) in [5.41, 5.74) is 0. The number of likely N-dealkylation sites (N-methyl/N-ethyl adjacent to an activating group) is 1. The summed E-state index contributed by atoms with van der Waals surface area (Å²) in [6.07, 6.45) is 1.75. The van der Waals surface area contributed by atoms with E-state index in [1.54, 1.807) is 7.05 Å². The Labute approximate surface area is 79.7 Å². The van der Waals surface area contributed by atoms with Crippen molar-refractivity contribution in [3.63, 3.8) is 0 Å². The first kappa shape index (κ1) is 12.4. The molecule has 0 aliphatic carbocycles. The maximum atomic E-state index is 11.0. The van der Waals surface area contributed by atoms with E-state index < -0.39 is 0 Å². The predicted octanol–water partition coefficient (Wildman–Crippen LogP) is -0.269. The van der Waals surface area contributed by atoms with Crippen LogP contribution in [0.15, 0.2) is 0 Å². The molecule has 0 aromatic carbocycles. The van der Waals surface area contributed by atoms with Crippen LogP contribution in [-0.4, -0.2) is 37.8 Å². The zero-order valence-corrected chi connectivity index (χ0v) is 8.47. The molecule has 3 N–H and O–H groups in total. The molecule has 0 heterocycles. The summed E-state index contributed by atoms with van der Waals surface area (Å²) in [6, 6.07) is 0. The third-order valence-electron chi connectivity index (χ3n) is 2.04. The molecule has 4 nitrogen and oxygen atoms in total. The van der Waals surface area contributed by atoms with Crippen molar-refractivity contribution in [2.45, 2.75) is 19.8 Å². The molecule has 1 unspecified atom stereocenters. The first-order valence-corrected chi connectivity index (χ1v) is 4.76. The van der Waals surface area contributed by atoms with Crippen LogP contribution in [-0.2, 0) is 4.79 Å². The smallest absolute Gasteiger partial charge is 0.233 e. The van der Waals surface area contributed by atoms with Crippen molar-refractivity contribution in [1.29, 1.82) is 0 Å². The molecule has 1 atom stereocenters. The second-order valence-electron chi connectivity index (χ2n) is 3.12. The standard InChI is InChI=1S/C9H20N2O2/c1-3-8(4-5-12)6-11-9(13)7-10-2/h8,10,12H,3-7H2,1-2H3,(H,11,13). The number of carbonyl (C=O) groups excluding carboxylic acids is 1. The molecule has 1 amide bonds. The Balaban J connectivity index is 3.52. The molecule has 0 saturated heterocycles. The van der Waals surface area contributed by atoms with Crippen LogP contribution in [0.5, 0.6) is 0 Å². The highest BCUT2D eigenvalue weighted by molar-refractivity contribution is 5.77. The molecule has 78 valence electrons. The van der Waals surface area contributed by atoms with Crippen LogP contribution in [0.3, 0.4) is 0 Å². The molecular weight excluding hydrogens is 168 g/mol. The molecule has 0 radical (unpaired) electrons. The zero-order chi connectivity index (χ0) is 10.1. The fourth-order valence-corrected chi connectivity index (χ4v) is 1.11. The zero-order valence-electron chi connectivity index (χ0n) is 8.47. The van der Waals surface area contributed by atoms with Gasteiger partial charge in [-0.1, -0.05) is 13.3 Å². The second-order valence-corrected chi connectivity index (χ2v) is 3.12. The minimum absolute atomic E-state index is 0.0129. The summed E-state index contributed by atoms with van der Waals surface area (Å²) in [6.45, 7) is 3.28. The topological polar surface area (TPSA) is 61.4 Å². The van der Waals surface area contributed by atoms with Gasteiger partial charge in [0.2, 0.25) is 5.91 Å². The van der Waals surface area contributed by atoms with Crippen LogP contribution in [0.25, 0.3) is 0 Å². The Bertz CT molecular complexity index is 140. The van der Waals surface area contributed by atoms with Gasteiger partial charge >= 0.3 is 0 Å². The summed E-state index contributed by atoms with van der Waals surface area (Å²) in [4.78, 5) is 11.0. The summed E-state index contributed by atoms with van der Waals surface area (Å²) >= 11 is 0. The van der Waals surface area contributed by atoms with Crippen molar-refractivity contribution in [2.75, 3.05) is 26.7 Å². The maximum absolute atomic E-state index is 11.0. The summed E-state index contributed by atoms with van der Waals surface area (Å²) < 4.78 is 0. The Morgan fingerprint density at radius 2 is 2.23 bits per heavy atom. The summed E-state index contributed by atoms with van der Waals surface area (Å²) in [7, 11) is 1.74. The van der Waals surface area contributed by atoms with Crippen molar-refractivity contribution in [3.05, 3.63) is 0 Å². The van der Waals surface area contributed by atoms with Crippen molar-refractivity contribution in [1.82, 2.24) is 10.6 Å². The van der Waals surface area contributed by atoms with Crippen LogP contribution in [0.2, 0.25) is 0 Å². The van der Waals surface area contributed by atoms with Crippen LogP contribution in [0.1, 0.15) is 19.8 Å². The van der Waals surface area contributed by atoms with E-state index in [0.717, 1.165) is 12.8 Å². The van der Waals surface area contributed by atoms with Crippen molar-refractivity contribution in [3.8, 4) is 0 Å². The van der Waals surface area contributed by atoms with Gasteiger partial charge in [-0.3, -0.25) is 4.79 Å². The van der Waals surface area contributed by atoms with E-state index in [-0.39, 0.29) is 12.5 Å². The van der Waals surface area contributed by atoms with E-state index in [9.17, 15) is 4.79 Å².